The van der Waals surface area contributed by atoms with E-state index in [1.165, 1.54) is 38.5 Å². The van der Waals surface area contributed by atoms with Crippen LogP contribution in [0.25, 0.3) is 0 Å². The standard InChI is InChI=1S/C20H26N2O2S/c21-4-2-5-22(13-18-3-1-6-24-18)19(23)14-25-20-10-15-7-16(11-20)9-17(8-15)12-20/h1,3,6,15-17H,2,5,7-14H2. The van der Waals surface area contributed by atoms with Crippen LogP contribution in [0.4, 0.5) is 0 Å². The van der Waals surface area contributed by atoms with Crippen LogP contribution in [-0.4, -0.2) is 27.9 Å². The SMILES string of the molecule is N#CCCN(Cc1ccco1)C(=O)CSC12CC3CC(CC(C3)C1)C2. The van der Waals surface area contributed by atoms with Crippen LogP contribution < -0.4 is 0 Å². The van der Waals surface area contributed by atoms with Gasteiger partial charge in [-0.1, -0.05) is 0 Å². The van der Waals surface area contributed by atoms with Gasteiger partial charge in [0.2, 0.25) is 5.91 Å². The fourth-order valence-corrected chi connectivity index (χ4v) is 7.25. The van der Waals surface area contributed by atoms with Crippen LogP contribution in [0.3, 0.4) is 0 Å². The van der Waals surface area contributed by atoms with Crippen LogP contribution in [0.1, 0.15) is 50.7 Å². The van der Waals surface area contributed by atoms with E-state index >= 15 is 0 Å². The molecule has 4 aliphatic rings. The molecule has 134 valence electrons. The number of thioether (sulfide) groups is 1. The third-order valence-electron chi connectivity index (χ3n) is 6.26. The molecule has 0 saturated heterocycles. The predicted octanol–water partition coefficient (Wildman–Crippen LogP) is 4.22. The summed E-state index contributed by atoms with van der Waals surface area (Å²) in [7, 11) is 0. The molecule has 1 amide bonds. The van der Waals surface area contributed by atoms with E-state index in [9.17, 15) is 4.79 Å². The Morgan fingerprint density at radius 1 is 1.28 bits per heavy atom. The maximum absolute atomic E-state index is 12.8. The van der Waals surface area contributed by atoms with E-state index in [0.717, 1.165) is 23.5 Å². The maximum Gasteiger partial charge on any atom is 0.233 e. The Morgan fingerprint density at radius 2 is 1.96 bits per heavy atom. The molecule has 4 nitrogen and oxygen atoms in total. The molecule has 0 aromatic carbocycles. The van der Waals surface area contributed by atoms with Gasteiger partial charge >= 0.3 is 0 Å². The molecule has 1 aromatic rings. The van der Waals surface area contributed by atoms with Crippen molar-refractivity contribution in [2.24, 2.45) is 17.8 Å². The van der Waals surface area contributed by atoms with E-state index in [1.54, 1.807) is 11.2 Å². The fourth-order valence-electron chi connectivity index (χ4n) is 5.58. The topological polar surface area (TPSA) is 57.2 Å². The summed E-state index contributed by atoms with van der Waals surface area (Å²) in [4.78, 5) is 14.6. The van der Waals surface area contributed by atoms with Gasteiger partial charge in [0.1, 0.15) is 5.76 Å². The molecular formula is C20H26N2O2S. The van der Waals surface area contributed by atoms with Crippen LogP contribution in [0.5, 0.6) is 0 Å². The Morgan fingerprint density at radius 3 is 2.52 bits per heavy atom. The Bertz CT molecular complexity index is 614. The summed E-state index contributed by atoms with van der Waals surface area (Å²) in [6, 6.07) is 5.88. The Labute approximate surface area is 153 Å². The number of nitrogens with zero attached hydrogens (tertiary/aromatic N) is 2. The molecule has 4 bridgehead atoms. The van der Waals surface area contributed by atoms with Gasteiger partial charge in [0.25, 0.3) is 0 Å². The van der Waals surface area contributed by atoms with Gasteiger partial charge in [-0.3, -0.25) is 4.79 Å². The second-order valence-electron chi connectivity index (χ2n) is 8.19. The van der Waals surface area contributed by atoms with E-state index in [1.807, 2.05) is 23.9 Å². The lowest BCUT2D eigenvalue weighted by molar-refractivity contribution is -0.129. The molecule has 25 heavy (non-hydrogen) atoms. The zero-order valence-corrected chi connectivity index (χ0v) is 15.5. The van der Waals surface area contributed by atoms with Crippen LogP contribution in [0.15, 0.2) is 22.8 Å². The molecule has 4 aliphatic carbocycles. The summed E-state index contributed by atoms with van der Waals surface area (Å²) in [5.41, 5.74) is 0. The molecule has 5 rings (SSSR count). The van der Waals surface area contributed by atoms with Crippen molar-refractivity contribution in [3.8, 4) is 6.07 Å². The van der Waals surface area contributed by atoms with Crippen molar-refractivity contribution in [2.45, 2.75) is 56.2 Å². The van der Waals surface area contributed by atoms with Gasteiger partial charge < -0.3 is 9.32 Å². The van der Waals surface area contributed by atoms with Gasteiger partial charge in [0.05, 0.1) is 31.1 Å². The highest BCUT2D eigenvalue weighted by molar-refractivity contribution is 8.01. The van der Waals surface area contributed by atoms with Gasteiger partial charge in [-0.05, 0) is 68.4 Å². The molecule has 0 N–H and O–H groups in total. The van der Waals surface area contributed by atoms with E-state index in [-0.39, 0.29) is 5.91 Å². The lowest BCUT2D eigenvalue weighted by Gasteiger charge is -2.56. The second kappa shape index (κ2) is 7.07. The first-order valence-electron chi connectivity index (χ1n) is 9.47. The third-order valence-corrected chi connectivity index (χ3v) is 7.76. The number of carbonyl (C=O) groups is 1. The fraction of sp³-hybridized carbons (Fsp3) is 0.700. The molecule has 0 spiro atoms. The molecule has 4 fully saturated rings. The summed E-state index contributed by atoms with van der Waals surface area (Å²) in [5.74, 6) is 4.20. The quantitative estimate of drug-likeness (QED) is 0.732. The highest BCUT2D eigenvalue weighted by Gasteiger charge is 2.51. The van der Waals surface area contributed by atoms with Crippen LogP contribution >= 0.6 is 11.8 Å². The van der Waals surface area contributed by atoms with Gasteiger partial charge in [0.15, 0.2) is 0 Å². The first-order chi connectivity index (χ1) is 12.2. The molecular weight excluding hydrogens is 332 g/mol. The monoisotopic (exact) mass is 358 g/mol. The van der Waals surface area contributed by atoms with Gasteiger partial charge in [-0.15, -0.1) is 11.8 Å². The molecule has 1 aromatic heterocycles. The molecule has 1 heterocycles. The van der Waals surface area contributed by atoms with Gasteiger partial charge in [-0.2, -0.15) is 5.26 Å². The summed E-state index contributed by atoms with van der Waals surface area (Å²) in [6.07, 6.45) is 10.2. The summed E-state index contributed by atoms with van der Waals surface area (Å²) in [6.45, 7) is 0.951. The summed E-state index contributed by atoms with van der Waals surface area (Å²) < 4.78 is 5.75. The number of furan rings is 1. The molecule has 0 unspecified atom stereocenters. The van der Waals surface area contributed by atoms with Crippen molar-refractivity contribution in [3.05, 3.63) is 24.2 Å². The minimum absolute atomic E-state index is 0.146. The normalized spacial score (nSPS) is 32.5. The molecule has 5 heteroatoms. The number of nitriles is 1. The van der Waals surface area contributed by atoms with Crippen LogP contribution in [0.2, 0.25) is 0 Å². The molecule has 4 saturated carbocycles. The molecule has 0 atom stereocenters. The van der Waals surface area contributed by atoms with Gasteiger partial charge in [0, 0.05) is 11.3 Å². The minimum Gasteiger partial charge on any atom is -0.467 e. The van der Waals surface area contributed by atoms with Crippen molar-refractivity contribution in [1.29, 1.82) is 5.26 Å². The maximum atomic E-state index is 12.8. The second-order valence-corrected chi connectivity index (χ2v) is 9.64. The number of hydrogen-bond donors (Lipinski definition) is 0. The highest BCUT2D eigenvalue weighted by Crippen LogP contribution is 2.60. The Balaban J connectivity index is 1.37. The zero-order valence-electron chi connectivity index (χ0n) is 14.7. The first kappa shape index (κ1) is 17.0. The van der Waals surface area contributed by atoms with Crippen LogP contribution in [-0.2, 0) is 11.3 Å². The minimum atomic E-state index is 0.146. The van der Waals surface area contributed by atoms with Crippen molar-refractivity contribution < 1.29 is 9.21 Å². The number of carbonyl (C=O) groups excluding carboxylic acids is 1. The number of amides is 1. The Kier molecular flexibility index (Phi) is 4.82. The van der Waals surface area contributed by atoms with Crippen molar-refractivity contribution in [1.82, 2.24) is 4.90 Å². The summed E-state index contributed by atoms with van der Waals surface area (Å²) >= 11 is 1.91. The zero-order chi connectivity index (χ0) is 17.3. The first-order valence-corrected chi connectivity index (χ1v) is 10.5. The van der Waals surface area contributed by atoms with Crippen molar-refractivity contribution >= 4 is 17.7 Å². The van der Waals surface area contributed by atoms with Crippen molar-refractivity contribution in [3.63, 3.8) is 0 Å². The molecule has 0 aliphatic heterocycles. The molecule has 0 radical (unpaired) electrons. The number of hydrogen-bond acceptors (Lipinski definition) is 4. The summed E-state index contributed by atoms with van der Waals surface area (Å²) in [5, 5.41) is 8.89. The van der Waals surface area contributed by atoms with Crippen molar-refractivity contribution in [2.75, 3.05) is 12.3 Å². The van der Waals surface area contributed by atoms with E-state index < -0.39 is 0 Å². The smallest absolute Gasteiger partial charge is 0.233 e. The average molecular weight is 359 g/mol. The average Bonchev–Trinajstić information content (AvgIpc) is 3.08. The largest absolute Gasteiger partial charge is 0.467 e. The van der Waals surface area contributed by atoms with Gasteiger partial charge in [-0.25, -0.2) is 0 Å². The lowest BCUT2D eigenvalue weighted by Crippen LogP contribution is -2.49. The van der Waals surface area contributed by atoms with E-state index in [2.05, 4.69) is 6.07 Å². The third kappa shape index (κ3) is 3.74. The lowest BCUT2D eigenvalue weighted by atomic mass is 9.56. The Hall–Kier alpha value is -1.41. The van der Waals surface area contributed by atoms with Crippen LogP contribution in [0, 0.1) is 29.1 Å². The van der Waals surface area contributed by atoms with E-state index in [4.69, 9.17) is 9.68 Å². The van der Waals surface area contributed by atoms with E-state index in [0.29, 0.717) is 30.0 Å². The highest BCUT2D eigenvalue weighted by atomic mass is 32.2. The predicted molar refractivity (Wildman–Crippen MR) is 97.7 cm³/mol. The number of rotatable bonds is 7.